The van der Waals surface area contributed by atoms with Gasteiger partial charge in [0, 0.05) is 5.39 Å². The summed E-state index contributed by atoms with van der Waals surface area (Å²) in [5.74, 6) is -3.52. The third-order valence-electron chi connectivity index (χ3n) is 2.34. The molecule has 0 fully saturated rings. The molecule has 0 aliphatic rings. The Balaban J connectivity index is 2.56. The number of phenolic OH excluding ortho intramolecular Hbond substituents is 1. The predicted octanol–water partition coefficient (Wildman–Crippen LogP) is 2.60. The molecule has 0 amide bonds. The number of fused-ring (bicyclic) bond motifs is 1. The number of aliphatic carboxylic acids is 1. The minimum atomic E-state index is -4.40. The summed E-state index contributed by atoms with van der Waals surface area (Å²) in [6.45, 7) is 0. The van der Waals surface area contributed by atoms with Crippen molar-refractivity contribution in [3.05, 3.63) is 36.4 Å². The molecule has 0 aromatic heterocycles. The van der Waals surface area contributed by atoms with Gasteiger partial charge in [0.25, 0.3) is 0 Å². The first-order chi connectivity index (χ1) is 8.42. The van der Waals surface area contributed by atoms with Crippen molar-refractivity contribution in [3.8, 4) is 11.5 Å². The van der Waals surface area contributed by atoms with Gasteiger partial charge in [-0.25, -0.2) is 4.79 Å². The average molecular weight is 254 g/mol. The fourth-order valence-electron chi connectivity index (χ4n) is 1.51. The van der Waals surface area contributed by atoms with E-state index in [2.05, 4.69) is 4.74 Å². The maximum Gasteiger partial charge on any atom is 0.502 e. The van der Waals surface area contributed by atoms with Gasteiger partial charge in [-0.05, 0) is 11.5 Å². The lowest BCUT2D eigenvalue weighted by molar-refractivity contribution is -0.210. The molecular weight excluding hydrogens is 246 g/mol. The van der Waals surface area contributed by atoms with Crippen LogP contribution in [-0.4, -0.2) is 22.3 Å². The van der Waals surface area contributed by atoms with Crippen molar-refractivity contribution in [1.82, 2.24) is 0 Å². The molecule has 0 radical (unpaired) electrons. The van der Waals surface area contributed by atoms with Gasteiger partial charge in [-0.2, -0.15) is 8.78 Å². The number of carboxylic acids is 1. The molecule has 0 spiro atoms. The summed E-state index contributed by atoms with van der Waals surface area (Å²) in [6.07, 6.45) is -4.40. The summed E-state index contributed by atoms with van der Waals surface area (Å²) in [6, 6.07) is 8.99. The van der Waals surface area contributed by atoms with Crippen molar-refractivity contribution < 1.29 is 28.5 Å². The van der Waals surface area contributed by atoms with Crippen LogP contribution in [0.1, 0.15) is 0 Å². The lowest BCUT2D eigenvalue weighted by Gasteiger charge is -2.16. The normalized spacial score (nSPS) is 11.4. The number of carbonyl (C=O) groups is 1. The van der Waals surface area contributed by atoms with Gasteiger partial charge in [-0.15, -0.1) is 0 Å². The summed E-state index contributed by atoms with van der Waals surface area (Å²) in [5.41, 5.74) is 0. The van der Waals surface area contributed by atoms with E-state index >= 15 is 0 Å². The average Bonchev–Trinajstić information content (AvgIpc) is 2.32. The summed E-state index contributed by atoms with van der Waals surface area (Å²) < 4.78 is 30.1. The Bertz CT molecular complexity index is 610. The fourth-order valence-corrected chi connectivity index (χ4v) is 1.51. The van der Waals surface area contributed by atoms with E-state index in [9.17, 15) is 18.7 Å². The molecule has 0 aliphatic carbocycles. The van der Waals surface area contributed by atoms with Gasteiger partial charge < -0.3 is 14.9 Å². The quantitative estimate of drug-likeness (QED) is 0.883. The molecule has 2 aromatic carbocycles. The molecule has 0 heterocycles. The Hall–Kier alpha value is -2.37. The third-order valence-corrected chi connectivity index (χ3v) is 2.34. The number of hydrogen-bond acceptors (Lipinski definition) is 3. The van der Waals surface area contributed by atoms with E-state index in [1.165, 1.54) is 12.1 Å². The second-order valence-corrected chi connectivity index (χ2v) is 3.56. The second-order valence-electron chi connectivity index (χ2n) is 3.56. The molecule has 0 saturated carbocycles. The molecule has 2 rings (SSSR count). The molecular formula is C12H8F2O4. The van der Waals surface area contributed by atoms with Crippen LogP contribution < -0.4 is 4.74 Å². The van der Waals surface area contributed by atoms with E-state index in [0.717, 1.165) is 6.07 Å². The topological polar surface area (TPSA) is 66.8 Å². The molecule has 2 N–H and O–H groups in total. The van der Waals surface area contributed by atoms with Crippen LogP contribution in [0.5, 0.6) is 11.5 Å². The van der Waals surface area contributed by atoms with Crippen molar-refractivity contribution in [2.45, 2.75) is 6.11 Å². The second kappa shape index (κ2) is 4.14. The highest BCUT2D eigenvalue weighted by Crippen LogP contribution is 2.37. The largest absolute Gasteiger partial charge is 0.504 e. The molecule has 6 heteroatoms. The zero-order chi connectivity index (χ0) is 13.3. The maximum atomic E-state index is 13.0. The summed E-state index contributed by atoms with van der Waals surface area (Å²) >= 11 is 0. The minimum absolute atomic E-state index is 0.207. The number of benzene rings is 2. The van der Waals surface area contributed by atoms with E-state index in [4.69, 9.17) is 5.11 Å². The molecule has 2 aromatic rings. The number of phenols is 1. The van der Waals surface area contributed by atoms with Gasteiger partial charge in [-0.3, -0.25) is 0 Å². The van der Waals surface area contributed by atoms with Crippen LogP contribution in [0.2, 0.25) is 0 Å². The van der Waals surface area contributed by atoms with Crippen LogP contribution in [0.4, 0.5) is 8.78 Å². The molecule has 0 saturated heterocycles. The summed E-state index contributed by atoms with van der Waals surface area (Å²) in [5, 5.41) is 18.6. The Labute approximate surface area is 100 Å². The highest BCUT2D eigenvalue weighted by atomic mass is 19.3. The van der Waals surface area contributed by atoms with Crippen LogP contribution in [-0.2, 0) is 4.79 Å². The first-order valence-electron chi connectivity index (χ1n) is 4.93. The van der Waals surface area contributed by atoms with Crippen LogP contribution in [0, 0.1) is 0 Å². The Kier molecular flexibility index (Phi) is 2.78. The number of carboxylic acid groups (broad SMARTS) is 1. The van der Waals surface area contributed by atoms with Gasteiger partial charge in [0.05, 0.1) is 0 Å². The maximum absolute atomic E-state index is 13.0. The van der Waals surface area contributed by atoms with Crippen molar-refractivity contribution >= 4 is 16.7 Å². The first-order valence-corrected chi connectivity index (χ1v) is 4.93. The van der Waals surface area contributed by atoms with Gasteiger partial charge in [0.1, 0.15) is 0 Å². The van der Waals surface area contributed by atoms with E-state index in [1.54, 1.807) is 18.2 Å². The standard InChI is InChI=1S/C12H8F2O4/c13-12(14,11(16)17)18-10-8-4-2-1-3-7(8)5-6-9(10)15/h1-6,15H,(H,16,17). The molecule has 0 unspecified atom stereocenters. The molecule has 18 heavy (non-hydrogen) atoms. The lowest BCUT2D eigenvalue weighted by Crippen LogP contribution is -2.34. The third kappa shape index (κ3) is 2.04. The predicted molar refractivity (Wildman–Crippen MR) is 58.8 cm³/mol. The highest BCUT2D eigenvalue weighted by molar-refractivity contribution is 5.91. The van der Waals surface area contributed by atoms with Gasteiger partial charge >= 0.3 is 12.1 Å². The number of hydrogen-bond donors (Lipinski definition) is 2. The Morgan fingerprint density at radius 3 is 2.50 bits per heavy atom. The lowest BCUT2D eigenvalue weighted by atomic mass is 10.1. The number of aromatic hydroxyl groups is 1. The fraction of sp³-hybridized carbons (Fsp3) is 0.0833. The monoisotopic (exact) mass is 254 g/mol. The molecule has 4 nitrogen and oxygen atoms in total. The van der Waals surface area contributed by atoms with Crippen LogP contribution in [0.25, 0.3) is 10.8 Å². The minimum Gasteiger partial charge on any atom is -0.504 e. The van der Waals surface area contributed by atoms with Crippen LogP contribution in [0.15, 0.2) is 36.4 Å². The van der Waals surface area contributed by atoms with E-state index in [0.29, 0.717) is 5.39 Å². The van der Waals surface area contributed by atoms with Crippen molar-refractivity contribution in [3.63, 3.8) is 0 Å². The summed E-state index contributed by atoms with van der Waals surface area (Å²) in [4.78, 5) is 10.3. The van der Waals surface area contributed by atoms with Crippen molar-refractivity contribution in [1.29, 1.82) is 0 Å². The summed E-state index contributed by atoms with van der Waals surface area (Å²) in [7, 11) is 0. The number of ether oxygens (including phenoxy) is 1. The van der Waals surface area contributed by atoms with Gasteiger partial charge in [-0.1, -0.05) is 30.3 Å². The molecule has 0 aliphatic heterocycles. The molecule has 0 atom stereocenters. The Morgan fingerprint density at radius 2 is 1.83 bits per heavy atom. The number of rotatable bonds is 3. The van der Waals surface area contributed by atoms with Crippen molar-refractivity contribution in [2.24, 2.45) is 0 Å². The van der Waals surface area contributed by atoms with E-state index < -0.39 is 23.6 Å². The number of halogens is 2. The molecule has 94 valence electrons. The Morgan fingerprint density at radius 1 is 1.17 bits per heavy atom. The van der Waals surface area contributed by atoms with Crippen LogP contribution in [0.3, 0.4) is 0 Å². The highest BCUT2D eigenvalue weighted by Gasteiger charge is 2.43. The first kappa shape index (κ1) is 12.1. The number of alkyl halides is 2. The van der Waals surface area contributed by atoms with Crippen LogP contribution >= 0.6 is 0 Å². The zero-order valence-electron chi connectivity index (χ0n) is 8.93. The van der Waals surface area contributed by atoms with E-state index in [1.807, 2.05) is 0 Å². The van der Waals surface area contributed by atoms with Gasteiger partial charge in [0.2, 0.25) is 0 Å². The zero-order valence-corrected chi connectivity index (χ0v) is 8.93. The van der Waals surface area contributed by atoms with E-state index in [-0.39, 0.29) is 5.39 Å². The SMILES string of the molecule is O=C(O)C(F)(F)Oc1c(O)ccc2ccccc12. The molecule has 0 bridgehead atoms. The smallest absolute Gasteiger partial charge is 0.502 e. The van der Waals surface area contributed by atoms with Crippen molar-refractivity contribution in [2.75, 3.05) is 0 Å². The van der Waals surface area contributed by atoms with Gasteiger partial charge in [0.15, 0.2) is 11.5 Å².